The number of nitrogens with zero attached hydrogens (tertiary/aromatic N) is 1. The van der Waals surface area contributed by atoms with Gasteiger partial charge in [0.05, 0.1) is 0 Å². The predicted octanol–water partition coefficient (Wildman–Crippen LogP) is 9.69. The van der Waals surface area contributed by atoms with E-state index in [1.54, 1.807) is 0 Å². The highest BCUT2D eigenvalue weighted by atomic mass is 15.1. The van der Waals surface area contributed by atoms with Crippen molar-refractivity contribution in [2.45, 2.75) is 32.6 Å². The Morgan fingerprint density at radius 2 is 1.14 bits per heavy atom. The molecule has 1 aliphatic rings. The first-order valence-electron chi connectivity index (χ1n) is 12.8. The van der Waals surface area contributed by atoms with E-state index in [1.165, 1.54) is 44.6 Å². The zero-order valence-electron chi connectivity index (χ0n) is 21.2. The Kier molecular flexibility index (Phi) is 5.49. The molecular formula is C35H31N. The topological polar surface area (TPSA) is 3.24 Å². The van der Waals surface area contributed by atoms with Crippen LogP contribution >= 0.6 is 0 Å². The predicted molar refractivity (Wildman–Crippen MR) is 154 cm³/mol. The third-order valence-corrected chi connectivity index (χ3v) is 7.22. The molecule has 0 atom stereocenters. The van der Waals surface area contributed by atoms with Gasteiger partial charge in [0, 0.05) is 17.1 Å². The van der Waals surface area contributed by atoms with Crippen molar-refractivity contribution < 1.29 is 0 Å². The van der Waals surface area contributed by atoms with Gasteiger partial charge in [0.15, 0.2) is 0 Å². The molecule has 5 aromatic rings. The molecule has 1 nitrogen and oxygen atoms in total. The number of rotatable bonds is 4. The lowest BCUT2D eigenvalue weighted by atomic mass is 9.85. The maximum absolute atomic E-state index is 2.38. The molecule has 0 saturated carbocycles. The van der Waals surface area contributed by atoms with Crippen molar-refractivity contribution in [2.24, 2.45) is 0 Å². The lowest BCUT2D eigenvalue weighted by molar-refractivity contribution is 0.591. The molecule has 176 valence electrons. The largest absolute Gasteiger partial charge is 0.310 e. The Morgan fingerprint density at radius 1 is 0.528 bits per heavy atom. The molecule has 0 radical (unpaired) electrons. The Morgan fingerprint density at radius 3 is 1.92 bits per heavy atom. The number of hydrogen-bond donors (Lipinski definition) is 0. The molecule has 36 heavy (non-hydrogen) atoms. The third-order valence-electron chi connectivity index (χ3n) is 7.22. The maximum Gasteiger partial charge on any atom is 0.0498 e. The van der Waals surface area contributed by atoms with E-state index >= 15 is 0 Å². The highest BCUT2D eigenvalue weighted by Gasteiger charge is 2.23. The lowest BCUT2D eigenvalue weighted by Gasteiger charge is -2.32. The van der Waals surface area contributed by atoms with Crippen LogP contribution in [0.4, 0.5) is 17.1 Å². The Labute approximate surface area is 214 Å². The van der Waals surface area contributed by atoms with Crippen LogP contribution in [0.25, 0.3) is 22.3 Å². The van der Waals surface area contributed by atoms with E-state index in [0.29, 0.717) is 0 Å². The van der Waals surface area contributed by atoms with Gasteiger partial charge in [0.25, 0.3) is 0 Å². The summed E-state index contributed by atoms with van der Waals surface area (Å²) in [6, 6.07) is 44.2. The summed E-state index contributed by atoms with van der Waals surface area (Å²) in [5, 5.41) is 0. The second kappa shape index (κ2) is 8.84. The van der Waals surface area contributed by atoms with Gasteiger partial charge in [-0.25, -0.2) is 0 Å². The molecule has 0 aromatic heterocycles. The van der Waals surface area contributed by atoms with E-state index in [9.17, 15) is 0 Å². The number of fused-ring (bicyclic) bond motifs is 3. The Bertz CT molecular complexity index is 1520. The van der Waals surface area contributed by atoms with Gasteiger partial charge in [-0.05, 0) is 87.2 Å². The van der Waals surface area contributed by atoms with E-state index < -0.39 is 0 Å². The molecule has 5 aromatic carbocycles. The fourth-order valence-corrected chi connectivity index (χ4v) is 5.41. The summed E-state index contributed by atoms with van der Waals surface area (Å²) in [5.41, 5.74) is 13.0. The molecule has 0 aliphatic heterocycles. The first-order valence-corrected chi connectivity index (χ1v) is 12.8. The first-order chi connectivity index (χ1) is 17.5. The average molecular weight is 466 g/mol. The summed E-state index contributed by atoms with van der Waals surface area (Å²) in [4.78, 5) is 2.38. The maximum atomic E-state index is 2.38. The van der Waals surface area contributed by atoms with E-state index in [1.807, 2.05) is 0 Å². The van der Waals surface area contributed by atoms with Gasteiger partial charge >= 0.3 is 0 Å². The van der Waals surface area contributed by atoms with E-state index in [2.05, 4.69) is 147 Å². The standard InChI is InChI=1S/C35H31N/c1-35(2,3)33-15-9-10-16-34(33)36(29-12-5-4-6-13-29)30-21-19-25(20-22-30)26-17-18-28-23-27-11-7-8-14-31(27)32(28)24-26/h4-22,24H,23H2,1-3H3. The number of anilines is 3. The SMILES string of the molecule is CC(C)(C)c1ccccc1N(c1ccccc1)c1ccc(-c2ccc3c(c2)-c2ccccc2C3)cc1. The van der Waals surface area contributed by atoms with Gasteiger partial charge in [-0.15, -0.1) is 0 Å². The van der Waals surface area contributed by atoms with Crippen LogP contribution in [0.2, 0.25) is 0 Å². The van der Waals surface area contributed by atoms with Gasteiger partial charge in [-0.1, -0.05) is 106 Å². The normalized spacial score (nSPS) is 12.2. The van der Waals surface area contributed by atoms with Gasteiger partial charge < -0.3 is 4.90 Å². The summed E-state index contributed by atoms with van der Waals surface area (Å²) in [6.45, 7) is 6.85. The summed E-state index contributed by atoms with van der Waals surface area (Å²) in [5.74, 6) is 0. The van der Waals surface area contributed by atoms with E-state index in [4.69, 9.17) is 0 Å². The Hall–Kier alpha value is -4.10. The monoisotopic (exact) mass is 465 g/mol. The minimum atomic E-state index is 0.0320. The third kappa shape index (κ3) is 4.01. The first kappa shape index (κ1) is 22.4. The number of para-hydroxylation sites is 2. The quantitative estimate of drug-likeness (QED) is 0.250. The van der Waals surface area contributed by atoms with Crippen LogP contribution in [0.3, 0.4) is 0 Å². The molecule has 0 heterocycles. The average Bonchev–Trinajstić information content (AvgIpc) is 3.28. The fourth-order valence-electron chi connectivity index (χ4n) is 5.41. The molecule has 0 unspecified atom stereocenters. The van der Waals surface area contributed by atoms with Crippen molar-refractivity contribution in [2.75, 3.05) is 4.90 Å². The van der Waals surface area contributed by atoms with Crippen LogP contribution in [0.1, 0.15) is 37.5 Å². The Balaban J connectivity index is 1.41. The van der Waals surface area contributed by atoms with Crippen LogP contribution in [-0.2, 0) is 11.8 Å². The van der Waals surface area contributed by atoms with Gasteiger partial charge in [0.1, 0.15) is 0 Å². The van der Waals surface area contributed by atoms with Crippen molar-refractivity contribution >= 4 is 17.1 Å². The number of hydrogen-bond acceptors (Lipinski definition) is 1. The van der Waals surface area contributed by atoms with Crippen LogP contribution in [0.5, 0.6) is 0 Å². The van der Waals surface area contributed by atoms with Crippen LogP contribution in [0.15, 0.2) is 121 Å². The zero-order chi connectivity index (χ0) is 24.7. The van der Waals surface area contributed by atoms with Crippen molar-refractivity contribution in [3.05, 3.63) is 138 Å². The highest BCUT2D eigenvalue weighted by molar-refractivity contribution is 5.83. The number of benzene rings is 5. The van der Waals surface area contributed by atoms with Crippen LogP contribution in [-0.4, -0.2) is 0 Å². The van der Waals surface area contributed by atoms with Crippen molar-refractivity contribution in [1.29, 1.82) is 0 Å². The summed E-state index contributed by atoms with van der Waals surface area (Å²) >= 11 is 0. The molecule has 0 spiro atoms. The summed E-state index contributed by atoms with van der Waals surface area (Å²) in [6.07, 6.45) is 1.03. The minimum Gasteiger partial charge on any atom is -0.310 e. The lowest BCUT2D eigenvalue weighted by Crippen LogP contribution is -2.18. The smallest absolute Gasteiger partial charge is 0.0498 e. The second-order valence-electron chi connectivity index (χ2n) is 10.7. The molecular weight excluding hydrogens is 434 g/mol. The van der Waals surface area contributed by atoms with Crippen LogP contribution in [0, 0.1) is 0 Å². The minimum absolute atomic E-state index is 0.0320. The van der Waals surface area contributed by atoms with Crippen molar-refractivity contribution in [3.63, 3.8) is 0 Å². The van der Waals surface area contributed by atoms with Gasteiger partial charge in [-0.3, -0.25) is 0 Å². The summed E-state index contributed by atoms with van der Waals surface area (Å²) in [7, 11) is 0. The molecule has 1 aliphatic carbocycles. The molecule has 0 bridgehead atoms. The van der Waals surface area contributed by atoms with E-state index in [-0.39, 0.29) is 5.41 Å². The molecule has 0 amide bonds. The fraction of sp³-hybridized carbons (Fsp3) is 0.143. The van der Waals surface area contributed by atoms with E-state index in [0.717, 1.165) is 17.8 Å². The molecule has 0 fully saturated rings. The zero-order valence-corrected chi connectivity index (χ0v) is 21.2. The molecule has 1 heteroatoms. The highest BCUT2D eigenvalue weighted by Crippen LogP contribution is 2.42. The molecule has 0 N–H and O–H groups in total. The second-order valence-corrected chi connectivity index (χ2v) is 10.7. The van der Waals surface area contributed by atoms with Gasteiger partial charge in [-0.2, -0.15) is 0 Å². The van der Waals surface area contributed by atoms with Crippen molar-refractivity contribution in [3.8, 4) is 22.3 Å². The summed E-state index contributed by atoms with van der Waals surface area (Å²) < 4.78 is 0. The van der Waals surface area contributed by atoms with Gasteiger partial charge in [0.2, 0.25) is 0 Å². The molecule has 6 rings (SSSR count). The molecule has 0 saturated heterocycles. The van der Waals surface area contributed by atoms with Crippen molar-refractivity contribution in [1.82, 2.24) is 0 Å². The van der Waals surface area contributed by atoms with Crippen LogP contribution < -0.4 is 4.90 Å².